The maximum Gasteiger partial charge on any atom is 0.325 e. The lowest BCUT2D eigenvalue weighted by molar-refractivity contribution is -0.141. The largest absolute Gasteiger partial charge is 0.468 e. The van der Waals surface area contributed by atoms with Gasteiger partial charge in [-0.15, -0.1) is 0 Å². The standard InChI is InChI=1S/C18H16BrClN2O2/c1-11-21-16-8-7-12(19)9-14(16)18(22(11)10-17(23)24-2)13-5-3-4-6-15(13)20/h3-9,18H,10H2,1-2H3/t18-/m1/s1. The van der Waals surface area contributed by atoms with E-state index in [4.69, 9.17) is 16.3 Å². The smallest absolute Gasteiger partial charge is 0.325 e. The number of benzene rings is 2. The molecule has 0 amide bonds. The highest BCUT2D eigenvalue weighted by Crippen LogP contribution is 2.42. The van der Waals surface area contributed by atoms with Crippen LogP contribution >= 0.6 is 27.5 Å². The highest BCUT2D eigenvalue weighted by atomic mass is 79.9. The van der Waals surface area contributed by atoms with Crippen molar-refractivity contribution in [1.82, 2.24) is 4.90 Å². The van der Waals surface area contributed by atoms with Crippen molar-refractivity contribution in [3.05, 3.63) is 63.1 Å². The molecule has 0 radical (unpaired) electrons. The zero-order valence-electron chi connectivity index (χ0n) is 13.3. The molecule has 1 aliphatic heterocycles. The van der Waals surface area contributed by atoms with Gasteiger partial charge in [-0.3, -0.25) is 4.79 Å². The molecule has 3 rings (SSSR count). The number of nitrogens with zero attached hydrogens (tertiary/aromatic N) is 2. The van der Waals surface area contributed by atoms with Crippen LogP contribution in [0.4, 0.5) is 5.69 Å². The van der Waals surface area contributed by atoms with Gasteiger partial charge < -0.3 is 9.64 Å². The first-order valence-corrected chi connectivity index (χ1v) is 8.61. The summed E-state index contributed by atoms with van der Waals surface area (Å²) in [6, 6.07) is 13.4. The lowest BCUT2D eigenvalue weighted by Gasteiger charge is -2.37. The minimum Gasteiger partial charge on any atom is -0.468 e. The van der Waals surface area contributed by atoms with Gasteiger partial charge >= 0.3 is 5.97 Å². The number of esters is 1. The second-order valence-corrected chi connectivity index (χ2v) is 6.81. The summed E-state index contributed by atoms with van der Waals surface area (Å²) in [5.41, 5.74) is 2.80. The van der Waals surface area contributed by atoms with E-state index in [1.807, 2.05) is 54.3 Å². The van der Waals surface area contributed by atoms with Crippen molar-refractivity contribution in [3.8, 4) is 0 Å². The number of hydrogen-bond donors (Lipinski definition) is 0. The predicted molar refractivity (Wildman–Crippen MR) is 98.9 cm³/mol. The predicted octanol–water partition coefficient (Wildman–Crippen LogP) is 4.73. The van der Waals surface area contributed by atoms with Gasteiger partial charge in [-0.05, 0) is 36.8 Å². The molecule has 0 unspecified atom stereocenters. The molecule has 0 bridgehead atoms. The number of carbonyl (C=O) groups excluding carboxylic acids is 1. The molecule has 4 nitrogen and oxygen atoms in total. The van der Waals surface area contributed by atoms with E-state index in [9.17, 15) is 4.79 Å². The van der Waals surface area contributed by atoms with Gasteiger partial charge in [0.25, 0.3) is 0 Å². The lowest BCUT2D eigenvalue weighted by atomic mass is 9.94. The SMILES string of the molecule is COC(=O)CN1C(C)=Nc2ccc(Br)cc2[C@H]1c1ccccc1Cl. The Morgan fingerprint density at radius 3 is 2.75 bits per heavy atom. The van der Waals surface area contributed by atoms with Crippen molar-refractivity contribution >= 4 is 45.0 Å². The van der Waals surface area contributed by atoms with E-state index in [2.05, 4.69) is 20.9 Å². The van der Waals surface area contributed by atoms with Crippen LogP contribution < -0.4 is 0 Å². The summed E-state index contributed by atoms with van der Waals surface area (Å²) >= 11 is 9.97. The first-order valence-electron chi connectivity index (χ1n) is 7.44. The molecule has 2 aromatic carbocycles. The maximum absolute atomic E-state index is 11.9. The summed E-state index contributed by atoms with van der Waals surface area (Å²) in [6.45, 7) is 1.99. The van der Waals surface area contributed by atoms with Crippen molar-refractivity contribution in [2.75, 3.05) is 13.7 Å². The Labute approximate surface area is 154 Å². The van der Waals surface area contributed by atoms with Crippen LogP contribution in [-0.4, -0.2) is 30.4 Å². The minimum atomic E-state index is -0.319. The van der Waals surface area contributed by atoms with Crippen LogP contribution in [0, 0.1) is 0 Å². The van der Waals surface area contributed by atoms with Crippen LogP contribution in [0.15, 0.2) is 51.9 Å². The molecule has 24 heavy (non-hydrogen) atoms. The summed E-state index contributed by atoms with van der Waals surface area (Å²) < 4.78 is 5.80. The molecule has 0 aromatic heterocycles. The highest BCUT2D eigenvalue weighted by Gasteiger charge is 2.32. The van der Waals surface area contributed by atoms with Gasteiger partial charge in [0.05, 0.1) is 18.8 Å². The Morgan fingerprint density at radius 1 is 1.29 bits per heavy atom. The summed E-state index contributed by atoms with van der Waals surface area (Å²) in [4.78, 5) is 18.5. The molecule has 1 heterocycles. The van der Waals surface area contributed by atoms with Crippen molar-refractivity contribution in [2.24, 2.45) is 4.99 Å². The third-order valence-corrected chi connectivity index (χ3v) is 4.86. The summed E-state index contributed by atoms with van der Waals surface area (Å²) in [5.74, 6) is 0.431. The normalized spacial score (nSPS) is 16.4. The summed E-state index contributed by atoms with van der Waals surface area (Å²) in [7, 11) is 1.38. The van der Waals surface area contributed by atoms with Gasteiger partial charge in [-0.25, -0.2) is 4.99 Å². The van der Waals surface area contributed by atoms with Gasteiger partial charge in [0.1, 0.15) is 12.4 Å². The first kappa shape index (κ1) is 17.0. The zero-order chi connectivity index (χ0) is 17.3. The van der Waals surface area contributed by atoms with Gasteiger partial charge in [0, 0.05) is 15.1 Å². The second-order valence-electron chi connectivity index (χ2n) is 5.49. The van der Waals surface area contributed by atoms with Crippen LogP contribution in [0.2, 0.25) is 5.02 Å². The molecule has 0 N–H and O–H groups in total. The van der Waals surface area contributed by atoms with Crippen LogP contribution in [0.5, 0.6) is 0 Å². The van der Waals surface area contributed by atoms with Crippen molar-refractivity contribution in [1.29, 1.82) is 0 Å². The van der Waals surface area contributed by atoms with Crippen LogP contribution in [0.1, 0.15) is 24.1 Å². The van der Waals surface area contributed by atoms with Crippen LogP contribution in [0.25, 0.3) is 0 Å². The van der Waals surface area contributed by atoms with Crippen LogP contribution in [-0.2, 0) is 9.53 Å². The Hall–Kier alpha value is -1.85. The quantitative estimate of drug-likeness (QED) is 0.691. The topological polar surface area (TPSA) is 41.9 Å². The number of carbonyl (C=O) groups is 1. The zero-order valence-corrected chi connectivity index (χ0v) is 15.6. The fourth-order valence-electron chi connectivity index (χ4n) is 2.88. The Morgan fingerprint density at radius 2 is 2.04 bits per heavy atom. The van der Waals surface area contributed by atoms with Crippen molar-refractivity contribution in [2.45, 2.75) is 13.0 Å². The molecular weight excluding hydrogens is 392 g/mol. The molecule has 6 heteroatoms. The number of aliphatic imine (C=N–C) groups is 1. The van der Waals surface area contributed by atoms with Gasteiger partial charge in [0.15, 0.2) is 0 Å². The molecule has 1 atom stereocenters. The molecule has 1 aliphatic rings. The number of halogens is 2. The number of rotatable bonds is 3. The molecule has 2 aromatic rings. The number of hydrogen-bond acceptors (Lipinski definition) is 4. The van der Waals surface area contributed by atoms with E-state index in [0.717, 1.165) is 27.1 Å². The van der Waals surface area contributed by atoms with E-state index >= 15 is 0 Å². The van der Waals surface area contributed by atoms with E-state index in [1.54, 1.807) is 0 Å². The van der Waals surface area contributed by atoms with E-state index in [-0.39, 0.29) is 18.6 Å². The van der Waals surface area contributed by atoms with E-state index in [0.29, 0.717) is 5.02 Å². The minimum absolute atomic E-state index is 0.105. The van der Waals surface area contributed by atoms with Gasteiger partial charge in [-0.1, -0.05) is 45.7 Å². The molecule has 0 fully saturated rings. The highest BCUT2D eigenvalue weighted by molar-refractivity contribution is 9.10. The average Bonchev–Trinajstić information content (AvgIpc) is 2.57. The molecular formula is C18H16BrClN2O2. The monoisotopic (exact) mass is 406 g/mol. The van der Waals surface area contributed by atoms with Crippen molar-refractivity contribution < 1.29 is 9.53 Å². The lowest BCUT2D eigenvalue weighted by Crippen LogP contribution is -2.40. The Balaban J connectivity index is 2.18. The maximum atomic E-state index is 11.9. The van der Waals surface area contributed by atoms with Gasteiger partial charge in [-0.2, -0.15) is 0 Å². The first-order chi connectivity index (χ1) is 11.5. The second kappa shape index (κ2) is 6.95. The third-order valence-electron chi connectivity index (χ3n) is 4.02. The molecule has 0 spiro atoms. The third kappa shape index (κ3) is 3.19. The number of ether oxygens (including phenoxy) is 1. The Kier molecular flexibility index (Phi) is 4.92. The summed E-state index contributed by atoms with van der Waals surface area (Å²) in [6.07, 6.45) is 0. The fraction of sp³-hybridized carbons (Fsp3) is 0.222. The number of amidine groups is 1. The number of methoxy groups -OCH3 is 1. The summed E-state index contributed by atoms with van der Waals surface area (Å²) in [5, 5.41) is 0.651. The van der Waals surface area contributed by atoms with Crippen molar-refractivity contribution in [3.63, 3.8) is 0 Å². The van der Waals surface area contributed by atoms with E-state index < -0.39 is 0 Å². The van der Waals surface area contributed by atoms with Gasteiger partial charge in [0.2, 0.25) is 0 Å². The fourth-order valence-corrected chi connectivity index (χ4v) is 3.50. The molecule has 124 valence electrons. The molecule has 0 saturated heterocycles. The number of fused-ring (bicyclic) bond motifs is 1. The van der Waals surface area contributed by atoms with E-state index in [1.165, 1.54) is 7.11 Å². The molecule has 0 aliphatic carbocycles. The molecule has 0 saturated carbocycles. The Bertz CT molecular complexity index is 822. The average molecular weight is 408 g/mol. The van der Waals surface area contributed by atoms with Crippen LogP contribution in [0.3, 0.4) is 0 Å².